The summed E-state index contributed by atoms with van der Waals surface area (Å²) in [6.45, 7) is 3.30. The first-order valence-corrected chi connectivity index (χ1v) is 4.34. The predicted molar refractivity (Wildman–Crippen MR) is 47.1 cm³/mol. The molecule has 0 N–H and O–H groups in total. The normalized spacial score (nSPS) is 11.9. The molecule has 0 unspecified atom stereocenters. The van der Waals surface area contributed by atoms with Gasteiger partial charge in [0.25, 0.3) is 0 Å². The Labute approximate surface area is 78.2 Å². The fraction of sp³-hybridized carbons (Fsp3) is 0.778. The lowest BCUT2D eigenvalue weighted by molar-refractivity contribution is -0.152. The molecule has 1 atom stereocenters. The molecular weight excluding hydrogens is 172 g/mol. The molecule has 0 aliphatic carbocycles. The van der Waals surface area contributed by atoms with Crippen LogP contribution in [-0.4, -0.2) is 25.2 Å². The largest absolute Gasteiger partial charge is 0.469 e. The first-order valence-electron chi connectivity index (χ1n) is 4.34. The van der Waals surface area contributed by atoms with Crippen molar-refractivity contribution in [1.29, 1.82) is 0 Å². The zero-order valence-corrected chi connectivity index (χ0v) is 8.33. The zero-order valence-electron chi connectivity index (χ0n) is 8.33. The van der Waals surface area contributed by atoms with Gasteiger partial charge in [-0.1, -0.05) is 13.3 Å². The minimum atomic E-state index is -0.359. The Kier molecular flexibility index (Phi) is 5.93. The van der Waals surface area contributed by atoms with Gasteiger partial charge in [-0.25, -0.2) is 0 Å². The molecule has 0 bridgehead atoms. The van der Waals surface area contributed by atoms with E-state index in [1.807, 2.05) is 6.92 Å². The topological polar surface area (TPSA) is 52.6 Å². The van der Waals surface area contributed by atoms with Crippen LogP contribution >= 0.6 is 0 Å². The van der Waals surface area contributed by atoms with E-state index >= 15 is 0 Å². The highest BCUT2D eigenvalue weighted by atomic mass is 16.6. The number of rotatable bonds is 5. The third-order valence-corrected chi connectivity index (χ3v) is 1.57. The van der Waals surface area contributed by atoms with Crippen molar-refractivity contribution in [2.45, 2.75) is 39.2 Å². The van der Waals surface area contributed by atoms with E-state index in [0.717, 1.165) is 6.42 Å². The monoisotopic (exact) mass is 188 g/mol. The molecule has 0 saturated heterocycles. The van der Waals surface area contributed by atoms with E-state index in [4.69, 9.17) is 4.74 Å². The molecule has 13 heavy (non-hydrogen) atoms. The van der Waals surface area contributed by atoms with Crippen LogP contribution in [0.25, 0.3) is 0 Å². The van der Waals surface area contributed by atoms with Crippen LogP contribution in [0.4, 0.5) is 0 Å². The van der Waals surface area contributed by atoms with E-state index in [9.17, 15) is 9.59 Å². The van der Waals surface area contributed by atoms with E-state index in [2.05, 4.69) is 4.74 Å². The minimum Gasteiger partial charge on any atom is -0.469 e. The van der Waals surface area contributed by atoms with Gasteiger partial charge in [-0.2, -0.15) is 0 Å². The summed E-state index contributed by atoms with van der Waals surface area (Å²) >= 11 is 0. The summed E-state index contributed by atoms with van der Waals surface area (Å²) in [4.78, 5) is 21.5. The van der Waals surface area contributed by atoms with Crippen LogP contribution in [0.2, 0.25) is 0 Å². The average Bonchev–Trinajstić information content (AvgIpc) is 2.03. The second kappa shape index (κ2) is 6.46. The Morgan fingerprint density at radius 1 is 1.38 bits per heavy atom. The van der Waals surface area contributed by atoms with Crippen molar-refractivity contribution >= 4 is 11.9 Å². The molecule has 0 aliphatic rings. The molecular formula is C9H16O4. The fourth-order valence-electron chi connectivity index (χ4n) is 1.03. The van der Waals surface area contributed by atoms with Gasteiger partial charge in [-0.3, -0.25) is 9.59 Å². The zero-order chi connectivity index (χ0) is 10.3. The number of hydrogen-bond donors (Lipinski definition) is 0. The first kappa shape index (κ1) is 11.9. The van der Waals surface area contributed by atoms with Crippen molar-refractivity contribution < 1.29 is 19.1 Å². The molecule has 4 heteroatoms. The number of methoxy groups -OCH3 is 1. The highest BCUT2D eigenvalue weighted by Crippen LogP contribution is 2.07. The summed E-state index contributed by atoms with van der Waals surface area (Å²) in [6, 6.07) is 0. The molecule has 0 fully saturated rings. The fourth-order valence-corrected chi connectivity index (χ4v) is 1.03. The van der Waals surface area contributed by atoms with Gasteiger partial charge in [-0.05, 0) is 6.42 Å². The van der Waals surface area contributed by atoms with Gasteiger partial charge >= 0.3 is 11.9 Å². The predicted octanol–water partition coefficient (Wildman–Crippen LogP) is 1.28. The molecule has 0 aromatic heterocycles. The Morgan fingerprint density at radius 3 is 2.38 bits per heavy atom. The lowest BCUT2D eigenvalue weighted by atomic mass is 10.1. The molecule has 76 valence electrons. The summed E-state index contributed by atoms with van der Waals surface area (Å²) in [7, 11) is 1.32. The van der Waals surface area contributed by atoms with Crippen LogP contribution in [0.3, 0.4) is 0 Å². The minimum absolute atomic E-state index is 0.143. The summed E-state index contributed by atoms with van der Waals surface area (Å²) in [5.41, 5.74) is 0. The number of carbonyl (C=O) groups excluding carboxylic acids is 2. The van der Waals surface area contributed by atoms with E-state index < -0.39 is 0 Å². The lowest BCUT2D eigenvalue weighted by Gasteiger charge is -2.14. The van der Waals surface area contributed by atoms with Gasteiger partial charge in [0.15, 0.2) is 0 Å². The van der Waals surface area contributed by atoms with Gasteiger partial charge < -0.3 is 9.47 Å². The van der Waals surface area contributed by atoms with Crippen molar-refractivity contribution in [3.8, 4) is 0 Å². The number of esters is 2. The molecule has 4 nitrogen and oxygen atoms in total. The molecule has 0 amide bonds. The average molecular weight is 188 g/mol. The van der Waals surface area contributed by atoms with E-state index in [-0.39, 0.29) is 24.5 Å². The molecule has 0 aromatic carbocycles. The first-order chi connectivity index (χ1) is 6.10. The second-order valence-electron chi connectivity index (χ2n) is 2.80. The Balaban J connectivity index is 3.93. The number of ether oxygens (including phenoxy) is 2. The van der Waals surface area contributed by atoms with Crippen molar-refractivity contribution in [3.05, 3.63) is 0 Å². The quantitative estimate of drug-likeness (QED) is 0.610. The maximum absolute atomic E-state index is 10.9. The van der Waals surface area contributed by atoms with Gasteiger partial charge in [0.05, 0.1) is 13.5 Å². The number of hydrogen-bond acceptors (Lipinski definition) is 4. The standard InChI is InChI=1S/C9H16O4/c1-4-5-8(13-7(2)10)6-9(11)12-3/h8H,4-6H2,1-3H3/t8-/m1/s1. The molecule has 0 aromatic rings. The maximum atomic E-state index is 10.9. The SMILES string of the molecule is CCC[C@H](CC(=O)OC)OC(C)=O. The highest BCUT2D eigenvalue weighted by Gasteiger charge is 2.15. The van der Waals surface area contributed by atoms with Crippen molar-refractivity contribution in [3.63, 3.8) is 0 Å². The summed E-state index contributed by atoms with van der Waals surface area (Å²) < 4.78 is 9.40. The van der Waals surface area contributed by atoms with Crippen LogP contribution < -0.4 is 0 Å². The number of carbonyl (C=O) groups is 2. The molecule has 0 spiro atoms. The van der Waals surface area contributed by atoms with Gasteiger partial charge in [-0.15, -0.1) is 0 Å². The van der Waals surface area contributed by atoms with Crippen molar-refractivity contribution in [1.82, 2.24) is 0 Å². The highest BCUT2D eigenvalue weighted by molar-refractivity contribution is 5.71. The van der Waals surface area contributed by atoms with Crippen LogP contribution in [-0.2, 0) is 19.1 Å². The molecule has 0 heterocycles. The van der Waals surface area contributed by atoms with Crippen LogP contribution in [0.5, 0.6) is 0 Å². The maximum Gasteiger partial charge on any atom is 0.309 e. The van der Waals surface area contributed by atoms with Gasteiger partial charge in [0.2, 0.25) is 0 Å². The van der Waals surface area contributed by atoms with Crippen LogP contribution in [0, 0.1) is 0 Å². The Morgan fingerprint density at radius 2 is 2.00 bits per heavy atom. The molecule has 0 radical (unpaired) electrons. The van der Waals surface area contributed by atoms with E-state index in [1.54, 1.807) is 0 Å². The molecule has 0 rings (SSSR count). The summed E-state index contributed by atoms with van der Waals surface area (Å²) in [5, 5.41) is 0. The van der Waals surface area contributed by atoms with Crippen molar-refractivity contribution in [2.24, 2.45) is 0 Å². The third-order valence-electron chi connectivity index (χ3n) is 1.57. The van der Waals surface area contributed by atoms with Crippen molar-refractivity contribution in [2.75, 3.05) is 7.11 Å². The summed E-state index contributed by atoms with van der Waals surface area (Å²) in [6.07, 6.45) is 1.36. The molecule has 0 saturated carbocycles. The molecule has 0 aliphatic heterocycles. The second-order valence-corrected chi connectivity index (χ2v) is 2.80. The van der Waals surface area contributed by atoms with E-state index in [1.165, 1.54) is 14.0 Å². The smallest absolute Gasteiger partial charge is 0.309 e. The summed E-state index contributed by atoms with van der Waals surface area (Å²) in [5.74, 6) is -0.706. The van der Waals surface area contributed by atoms with E-state index in [0.29, 0.717) is 6.42 Å². The van der Waals surface area contributed by atoms with Crippen LogP contribution in [0.1, 0.15) is 33.1 Å². The van der Waals surface area contributed by atoms with Gasteiger partial charge in [0, 0.05) is 6.92 Å². The Hall–Kier alpha value is -1.06. The Bertz CT molecular complexity index is 176. The van der Waals surface area contributed by atoms with Gasteiger partial charge in [0.1, 0.15) is 6.10 Å². The third kappa shape index (κ3) is 6.13. The lowest BCUT2D eigenvalue weighted by Crippen LogP contribution is -2.20. The van der Waals surface area contributed by atoms with Crippen LogP contribution in [0.15, 0.2) is 0 Å².